The molecule has 1 aromatic heterocycles. The summed E-state index contributed by atoms with van der Waals surface area (Å²) < 4.78 is 6.85. The van der Waals surface area contributed by atoms with Crippen LogP contribution < -0.4 is 22.3 Å². The van der Waals surface area contributed by atoms with E-state index in [0.717, 1.165) is 0 Å². The summed E-state index contributed by atoms with van der Waals surface area (Å²) in [7, 11) is 0. The first kappa shape index (κ1) is 15.4. The number of nitrogens with zero attached hydrogens (tertiary/aromatic N) is 1. The van der Waals surface area contributed by atoms with Crippen molar-refractivity contribution >= 4 is 5.91 Å². The van der Waals surface area contributed by atoms with Gasteiger partial charge in [0.25, 0.3) is 11.5 Å². The molecule has 1 fully saturated rings. The fraction of sp³-hybridized carbons (Fsp3) is 0.583. The third-order valence-corrected chi connectivity index (χ3v) is 3.45. The number of aliphatic hydroxyl groups excluding tert-OH is 1. The van der Waals surface area contributed by atoms with Gasteiger partial charge in [-0.2, -0.15) is 0 Å². The number of aliphatic hydroxyl groups is 1. The monoisotopic (exact) mass is 299 g/mol. The average molecular weight is 299 g/mol. The number of nitrogens with one attached hydrogen (secondary N) is 2. The van der Waals surface area contributed by atoms with Crippen LogP contribution in [-0.2, 0) is 9.53 Å². The zero-order valence-electron chi connectivity index (χ0n) is 11.7. The van der Waals surface area contributed by atoms with Gasteiger partial charge in [-0.3, -0.25) is 19.1 Å². The second-order valence-corrected chi connectivity index (χ2v) is 4.95. The van der Waals surface area contributed by atoms with Gasteiger partial charge in [-0.05, 0) is 6.92 Å². The molecule has 0 unspecified atom stereocenters. The molecule has 3 atom stereocenters. The molecule has 6 N–H and O–H groups in total. The molecule has 0 aromatic carbocycles. The second kappa shape index (κ2) is 6.20. The normalized spacial score (nSPS) is 25.0. The Morgan fingerprint density at radius 1 is 1.62 bits per heavy atom. The van der Waals surface area contributed by atoms with E-state index in [4.69, 9.17) is 4.74 Å². The van der Waals surface area contributed by atoms with E-state index in [0.29, 0.717) is 12.0 Å². The number of aromatic nitrogens is 2. The Morgan fingerprint density at radius 3 is 2.95 bits per heavy atom. The third kappa shape index (κ3) is 3.20. The molecule has 9 nitrogen and oxygen atoms in total. The van der Waals surface area contributed by atoms with Gasteiger partial charge in [0.05, 0.1) is 12.6 Å². The molecule has 1 saturated heterocycles. The molecular weight excluding hydrogens is 280 g/mol. The molecule has 0 radical (unpaired) electrons. The highest BCUT2D eigenvalue weighted by Crippen LogP contribution is 2.27. The van der Waals surface area contributed by atoms with Gasteiger partial charge in [-0.15, -0.1) is 0 Å². The lowest BCUT2D eigenvalue weighted by Crippen LogP contribution is -2.59. The van der Waals surface area contributed by atoms with Crippen LogP contribution in [0.1, 0.15) is 18.2 Å². The number of ether oxygens (including phenoxy) is 1. The van der Waals surface area contributed by atoms with E-state index in [-0.39, 0.29) is 19.1 Å². The Morgan fingerprint density at radius 2 is 2.33 bits per heavy atom. The van der Waals surface area contributed by atoms with E-state index in [1.54, 1.807) is 6.92 Å². The summed E-state index contributed by atoms with van der Waals surface area (Å²) in [5, 5.41) is 12.0. The van der Waals surface area contributed by atoms with Gasteiger partial charge in [0.1, 0.15) is 12.3 Å². The van der Waals surface area contributed by atoms with Gasteiger partial charge in [-0.25, -0.2) is 4.79 Å². The van der Waals surface area contributed by atoms with Crippen LogP contribution in [0, 0.1) is 6.92 Å². The first-order valence-corrected chi connectivity index (χ1v) is 6.63. The maximum absolute atomic E-state index is 11.8. The maximum atomic E-state index is 11.8. The van der Waals surface area contributed by atoms with Crippen molar-refractivity contribution in [2.45, 2.75) is 31.7 Å². The molecule has 2 heterocycles. The van der Waals surface area contributed by atoms with Gasteiger partial charge in [0.2, 0.25) is 0 Å². The fourth-order valence-corrected chi connectivity index (χ4v) is 2.30. The molecule has 1 aromatic rings. The molecule has 116 valence electrons. The SMILES string of the molecule is Cc1cn([C@H]2C[C@H](NC(=O)C[NH3+])[C@@H](CO)O2)c(=O)[nH]c1=O. The van der Waals surface area contributed by atoms with E-state index in [1.165, 1.54) is 10.8 Å². The molecule has 0 aliphatic carbocycles. The molecule has 9 heteroatoms. The highest BCUT2D eigenvalue weighted by Gasteiger charge is 2.37. The standard InChI is InChI=1S/C12H18N4O5/c1-6-4-16(12(20)15-11(6)19)10-2-7(8(5-17)21-10)14-9(18)3-13/h4,7-8,10,17H,2-3,5,13H2,1H3,(H,14,18)(H,15,19,20)/p+1/t7-,8+,10+/m0/s1. The van der Waals surface area contributed by atoms with E-state index >= 15 is 0 Å². The van der Waals surface area contributed by atoms with Crippen LogP contribution in [0.15, 0.2) is 15.8 Å². The fourth-order valence-electron chi connectivity index (χ4n) is 2.30. The lowest BCUT2D eigenvalue weighted by molar-refractivity contribution is -0.355. The van der Waals surface area contributed by atoms with Crippen molar-refractivity contribution in [1.29, 1.82) is 0 Å². The van der Waals surface area contributed by atoms with Gasteiger partial charge in [0, 0.05) is 18.2 Å². The summed E-state index contributed by atoms with van der Waals surface area (Å²) in [4.78, 5) is 36.8. The minimum atomic E-state index is -0.652. The largest absolute Gasteiger partial charge is 0.394 e. The van der Waals surface area contributed by atoms with Crippen LogP contribution in [0.5, 0.6) is 0 Å². The van der Waals surface area contributed by atoms with Crippen molar-refractivity contribution in [2.75, 3.05) is 13.2 Å². The number of carbonyl (C=O) groups is 1. The summed E-state index contributed by atoms with van der Waals surface area (Å²) in [5.41, 5.74) is 2.82. The van der Waals surface area contributed by atoms with Gasteiger partial charge >= 0.3 is 5.69 Å². The topological polar surface area (TPSA) is 141 Å². The van der Waals surface area contributed by atoms with Crippen LogP contribution in [0.4, 0.5) is 0 Å². The summed E-state index contributed by atoms with van der Waals surface area (Å²) in [6.45, 7) is 1.38. The molecular formula is C12H19N4O5+. The lowest BCUT2D eigenvalue weighted by atomic mass is 10.1. The van der Waals surface area contributed by atoms with Crippen molar-refractivity contribution in [3.05, 3.63) is 32.6 Å². The smallest absolute Gasteiger partial charge is 0.330 e. The molecule has 1 amide bonds. The number of carbonyl (C=O) groups excluding carboxylic acids is 1. The zero-order chi connectivity index (χ0) is 15.6. The second-order valence-electron chi connectivity index (χ2n) is 4.95. The first-order valence-electron chi connectivity index (χ1n) is 6.63. The van der Waals surface area contributed by atoms with Crippen molar-refractivity contribution in [3.63, 3.8) is 0 Å². The number of amides is 1. The number of rotatable bonds is 4. The Hall–Kier alpha value is -1.97. The summed E-state index contributed by atoms with van der Waals surface area (Å²) in [5.74, 6) is -0.257. The average Bonchev–Trinajstić information content (AvgIpc) is 2.85. The molecule has 0 bridgehead atoms. The number of hydrogen-bond acceptors (Lipinski definition) is 5. The quantitative estimate of drug-likeness (QED) is 0.464. The van der Waals surface area contributed by atoms with Crippen LogP contribution in [0.3, 0.4) is 0 Å². The highest BCUT2D eigenvalue weighted by molar-refractivity contribution is 5.77. The van der Waals surface area contributed by atoms with Crippen LogP contribution in [0.25, 0.3) is 0 Å². The predicted octanol–water partition coefficient (Wildman–Crippen LogP) is -3.15. The third-order valence-electron chi connectivity index (χ3n) is 3.45. The minimum absolute atomic E-state index is 0.0804. The molecule has 21 heavy (non-hydrogen) atoms. The lowest BCUT2D eigenvalue weighted by Gasteiger charge is -2.16. The Labute approximate surface area is 119 Å². The summed E-state index contributed by atoms with van der Waals surface area (Å²) >= 11 is 0. The van der Waals surface area contributed by atoms with Gasteiger partial charge in [-0.1, -0.05) is 0 Å². The van der Waals surface area contributed by atoms with Crippen molar-refractivity contribution in [1.82, 2.24) is 14.9 Å². The van der Waals surface area contributed by atoms with Crippen molar-refractivity contribution in [3.8, 4) is 0 Å². The summed E-state index contributed by atoms with van der Waals surface area (Å²) in [6.07, 6.45) is 0.471. The Kier molecular flexibility index (Phi) is 4.56. The number of aromatic amines is 1. The molecule has 0 spiro atoms. The predicted molar refractivity (Wildman–Crippen MR) is 71.4 cm³/mol. The van der Waals surface area contributed by atoms with Crippen molar-refractivity contribution < 1.29 is 20.4 Å². The van der Waals surface area contributed by atoms with E-state index in [9.17, 15) is 19.5 Å². The van der Waals surface area contributed by atoms with Crippen LogP contribution in [-0.4, -0.2) is 45.9 Å². The number of hydrogen-bond donors (Lipinski definition) is 4. The van der Waals surface area contributed by atoms with E-state index in [1.807, 2.05) is 0 Å². The molecule has 2 rings (SSSR count). The highest BCUT2D eigenvalue weighted by atomic mass is 16.5. The number of H-pyrrole nitrogens is 1. The molecule has 1 aliphatic rings. The minimum Gasteiger partial charge on any atom is -0.394 e. The molecule has 0 saturated carbocycles. The number of quaternary nitrogens is 1. The summed E-state index contributed by atoms with van der Waals surface area (Å²) in [6, 6.07) is -0.409. The number of aryl methyl sites for hydroxylation is 1. The Balaban J connectivity index is 2.23. The maximum Gasteiger partial charge on any atom is 0.330 e. The van der Waals surface area contributed by atoms with Gasteiger partial charge < -0.3 is 20.9 Å². The van der Waals surface area contributed by atoms with Gasteiger partial charge in [0.15, 0.2) is 6.54 Å². The van der Waals surface area contributed by atoms with E-state index < -0.39 is 29.6 Å². The van der Waals surface area contributed by atoms with Crippen LogP contribution in [0.2, 0.25) is 0 Å². The zero-order valence-corrected chi connectivity index (χ0v) is 11.7. The Bertz CT molecular complexity index is 637. The van der Waals surface area contributed by atoms with Crippen LogP contribution >= 0.6 is 0 Å². The van der Waals surface area contributed by atoms with E-state index in [2.05, 4.69) is 16.0 Å². The molecule has 1 aliphatic heterocycles. The van der Waals surface area contributed by atoms with Crippen molar-refractivity contribution in [2.24, 2.45) is 0 Å². The first-order chi connectivity index (χ1) is 9.96.